The van der Waals surface area contributed by atoms with E-state index < -0.39 is 0 Å². The average Bonchev–Trinajstić information content (AvgIpc) is 2.46. The van der Waals surface area contributed by atoms with Gasteiger partial charge in [0.05, 0.1) is 0 Å². The van der Waals surface area contributed by atoms with E-state index in [0.29, 0.717) is 24.8 Å². The van der Waals surface area contributed by atoms with Gasteiger partial charge in [-0.15, -0.1) is 0 Å². The summed E-state index contributed by atoms with van der Waals surface area (Å²) in [7, 11) is 0. The van der Waals surface area contributed by atoms with Crippen molar-refractivity contribution in [2.75, 3.05) is 13.2 Å². The van der Waals surface area contributed by atoms with E-state index in [1.165, 1.54) is 0 Å². The van der Waals surface area contributed by atoms with Crippen LogP contribution in [0.5, 0.6) is 11.5 Å². The Labute approximate surface area is 117 Å². The van der Waals surface area contributed by atoms with Gasteiger partial charge in [0.2, 0.25) is 0 Å². The molecule has 2 N–H and O–H groups in total. The van der Waals surface area contributed by atoms with Crippen molar-refractivity contribution < 1.29 is 9.47 Å². The third-order valence-corrected chi connectivity index (χ3v) is 2.85. The van der Waals surface area contributed by atoms with Crippen LogP contribution in [0.2, 0.25) is 5.02 Å². The Morgan fingerprint density at radius 2 is 1.26 bits per heavy atom. The van der Waals surface area contributed by atoms with Crippen molar-refractivity contribution >= 4 is 11.6 Å². The predicted octanol–water partition coefficient (Wildman–Crippen LogP) is 3.26. The van der Waals surface area contributed by atoms with Crippen molar-refractivity contribution in [3.8, 4) is 11.5 Å². The quantitative estimate of drug-likeness (QED) is 0.825. The molecule has 0 aromatic heterocycles. The average molecular weight is 278 g/mol. The Bertz CT molecular complexity index is 497. The molecule has 0 saturated carbocycles. The molecule has 0 aliphatic heterocycles. The van der Waals surface area contributed by atoms with E-state index in [1.54, 1.807) is 12.1 Å². The fraction of sp³-hybridized carbons (Fsp3) is 0.200. The fourth-order valence-electron chi connectivity index (χ4n) is 1.57. The first-order valence-electron chi connectivity index (χ1n) is 6.08. The van der Waals surface area contributed by atoms with E-state index in [0.717, 1.165) is 17.1 Å². The zero-order valence-electron chi connectivity index (χ0n) is 10.5. The molecule has 2 aromatic carbocycles. The normalized spacial score (nSPS) is 10.2. The number of rotatable bonds is 6. The van der Waals surface area contributed by atoms with Gasteiger partial charge in [0, 0.05) is 11.6 Å². The van der Waals surface area contributed by atoms with Gasteiger partial charge in [-0.2, -0.15) is 0 Å². The molecular weight excluding hydrogens is 262 g/mol. The highest BCUT2D eigenvalue weighted by Crippen LogP contribution is 2.15. The first-order valence-corrected chi connectivity index (χ1v) is 6.46. The lowest BCUT2D eigenvalue weighted by Gasteiger charge is -2.08. The summed E-state index contributed by atoms with van der Waals surface area (Å²) in [5, 5.41) is 0.698. The molecule has 4 heteroatoms. The Morgan fingerprint density at radius 3 is 1.74 bits per heavy atom. The van der Waals surface area contributed by atoms with Crippen molar-refractivity contribution in [2.45, 2.75) is 6.54 Å². The third-order valence-electron chi connectivity index (χ3n) is 2.59. The topological polar surface area (TPSA) is 44.5 Å². The molecule has 0 unspecified atom stereocenters. The van der Waals surface area contributed by atoms with E-state index in [1.807, 2.05) is 36.4 Å². The Morgan fingerprint density at radius 1 is 0.789 bits per heavy atom. The highest BCUT2D eigenvalue weighted by atomic mass is 35.5. The predicted molar refractivity (Wildman–Crippen MR) is 76.8 cm³/mol. The van der Waals surface area contributed by atoms with Gasteiger partial charge in [-0.3, -0.25) is 0 Å². The summed E-state index contributed by atoms with van der Waals surface area (Å²) in [5.74, 6) is 1.60. The van der Waals surface area contributed by atoms with Crippen LogP contribution in [-0.4, -0.2) is 13.2 Å². The van der Waals surface area contributed by atoms with Crippen LogP contribution in [0.4, 0.5) is 0 Å². The van der Waals surface area contributed by atoms with Gasteiger partial charge >= 0.3 is 0 Å². The van der Waals surface area contributed by atoms with Crippen molar-refractivity contribution in [2.24, 2.45) is 5.73 Å². The van der Waals surface area contributed by atoms with Crippen LogP contribution in [0.15, 0.2) is 48.5 Å². The van der Waals surface area contributed by atoms with Crippen LogP contribution in [0.25, 0.3) is 0 Å². The molecule has 0 heterocycles. The molecule has 2 aromatic rings. The fourth-order valence-corrected chi connectivity index (χ4v) is 1.70. The second-order valence-corrected chi connectivity index (χ2v) is 4.44. The lowest BCUT2D eigenvalue weighted by atomic mass is 10.2. The highest BCUT2D eigenvalue weighted by Gasteiger charge is 1.96. The van der Waals surface area contributed by atoms with Crippen LogP contribution in [-0.2, 0) is 6.54 Å². The molecule has 19 heavy (non-hydrogen) atoms. The van der Waals surface area contributed by atoms with Crippen molar-refractivity contribution in [3.63, 3.8) is 0 Å². The lowest BCUT2D eigenvalue weighted by molar-refractivity contribution is 0.217. The van der Waals surface area contributed by atoms with E-state index in [-0.39, 0.29) is 0 Å². The largest absolute Gasteiger partial charge is 0.490 e. The van der Waals surface area contributed by atoms with E-state index in [4.69, 9.17) is 26.8 Å². The Hall–Kier alpha value is -1.71. The summed E-state index contributed by atoms with van der Waals surface area (Å²) in [6.07, 6.45) is 0. The van der Waals surface area contributed by atoms with E-state index >= 15 is 0 Å². The highest BCUT2D eigenvalue weighted by molar-refractivity contribution is 6.30. The summed E-state index contributed by atoms with van der Waals surface area (Å²) in [6, 6.07) is 15.0. The molecule has 0 spiro atoms. The summed E-state index contributed by atoms with van der Waals surface area (Å²) in [4.78, 5) is 0. The van der Waals surface area contributed by atoms with Crippen LogP contribution < -0.4 is 15.2 Å². The van der Waals surface area contributed by atoms with Crippen LogP contribution in [0, 0.1) is 0 Å². The van der Waals surface area contributed by atoms with Crippen LogP contribution >= 0.6 is 11.6 Å². The van der Waals surface area contributed by atoms with Crippen LogP contribution in [0.1, 0.15) is 5.56 Å². The Balaban J connectivity index is 1.72. The first kappa shape index (κ1) is 13.7. The summed E-state index contributed by atoms with van der Waals surface area (Å²) >= 11 is 5.79. The maximum atomic E-state index is 5.79. The third kappa shape index (κ3) is 4.47. The SMILES string of the molecule is NCc1ccc(OCCOc2ccc(Cl)cc2)cc1. The monoisotopic (exact) mass is 277 g/mol. The summed E-state index contributed by atoms with van der Waals surface area (Å²) in [5.41, 5.74) is 6.61. The molecular formula is C15H16ClNO2. The van der Waals surface area contributed by atoms with Crippen molar-refractivity contribution in [1.29, 1.82) is 0 Å². The summed E-state index contributed by atoms with van der Waals surface area (Å²) < 4.78 is 11.1. The zero-order valence-corrected chi connectivity index (χ0v) is 11.3. The van der Waals surface area contributed by atoms with Gasteiger partial charge in [-0.1, -0.05) is 23.7 Å². The van der Waals surface area contributed by atoms with Crippen molar-refractivity contribution in [1.82, 2.24) is 0 Å². The Kier molecular flexibility index (Phi) is 5.07. The molecule has 0 amide bonds. The lowest BCUT2D eigenvalue weighted by Crippen LogP contribution is -2.09. The second-order valence-electron chi connectivity index (χ2n) is 4.00. The molecule has 0 fully saturated rings. The van der Waals surface area contributed by atoms with Crippen molar-refractivity contribution in [3.05, 3.63) is 59.1 Å². The maximum absolute atomic E-state index is 5.79. The zero-order chi connectivity index (χ0) is 13.5. The molecule has 100 valence electrons. The number of ether oxygens (including phenoxy) is 2. The molecule has 0 aliphatic carbocycles. The molecule has 0 aliphatic rings. The molecule has 0 bridgehead atoms. The van der Waals surface area contributed by atoms with E-state index in [9.17, 15) is 0 Å². The molecule has 0 atom stereocenters. The standard InChI is InChI=1S/C15H16ClNO2/c16-13-3-7-15(8-4-13)19-10-9-18-14-5-1-12(11-17)2-6-14/h1-8H,9-11,17H2. The van der Waals surface area contributed by atoms with E-state index in [2.05, 4.69) is 0 Å². The second kappa shape index (κ2) is 7.02. The smallest absolute Gasteiger partial charge is 0.122 e. The minimum absolute atomic E-state index is 0.486. The summed E-state index contributed by atoms with van der Waals surface area (Å²) in [6.45, 7) is 1.52. The number of hydrogen-bond donors (Lipinski definition) is 1. The maximum Gasteiger partial charge on any atom is 0.122 e. The molecule has 0 saturated heterocycles. The number of benzene rings is 2. The number of halogens is 1. The number of hydrogen-bond acceptors (Lipinski definition) is 3. The van der Waals surface area contributed by atoms with Gasteiger partial charge in [0.15, 0.2) is 0 Å². The van der Waals surface area contributed by atoms with Gasteiger partial charge < -0.3 is 15.2 Å². The molecule has 0 radical (unpaired) electrons. The van der Waals surface area contributed by atoms with Gasteiger partial charge in [-0.25, -0.2) is 0 Å². The number of nitrogens with two attached hydrogens (primary N) is 1. The van der Waals surface area contributed by atoms with Gasteiger partial charge in [-0.05, 0) is 42.0 Å². The van der Waals surface area contributed by atoms with Gasteiger partial charge in [0.1, 0.15) is 24.7 Å². The minimum Gasteiger partial charge on any atom is -0.490 e. The van der Waals surface area contributed by atoms with Gasteiger partial charge in [0.25, 0.3) is 0 Å². The molecule has 2 rings (SSSR count). The molecule has 3 nitrogen and oxygen atoms in total. The first-order chi connectivity index (χ1) is 9.28. The minimum atomic E-state index is 0.486. The van der Waals surface area contributed by atoms with Crippen LogP contribution in [0.3, 0.4) is 0 Å².